The number of carbonyl (C=O) groups excluding carboxylic acids is 1. The average Bonchev–Trinajstić information content (AvgIpc) is 2.78. The summed E-state index contributed by atoms with van der Waals surface area (Å²) in [6, 6.07) is 15.3. The predicted molar refractivity (Wildman–Crippen MR) is 119 cm³/mol. The summed E-state index contributed by atoms with van der Waals surface area (Å²) in [5, 5.41) is 2.73. The summed E-state index contributed by atoms with van der Waals surface area (Å²) in [5.41, 5.74) is 1.92. The summed E-state index contributed by atoms with van der Waals surface area (Å²) in [6.45, 7) is 1.65. The molecule has 162 valence electrons. The Morgan fingerprint density at radius 1 is 1.06 bits per heavy atom. The zero-order chi connectivity index (χ0) is 22.3. The Hall–Kier alpha value is -3.26. The van der Waals surface area contributed by atoms with Gasteiger partial charge in [-0.15, -0.1) is 0 Å². The molecule has 0 atom stereocenters. The number of amides is 1. The van der Waals surface area contributed by atoms with E-state index in [1.54, 1.807) is 12.1 Å². The van der Waals surface area contributed by atoms with Gasteiger partial charge < -0.3 is 5.32 Å². The molecule has 0 fully saturated rings. The molecule has 0 aliphatic heterocycles. The summed E-state index contributed by atoms with van der Waals surface area (Å²) < 4.78 is 40.6. The first-order valence-electron chi connectivity index (χ1n) is 9.97. The molecule has 0 unspecified atom stereocenters. The number of nitrogens with one attached hydrogen (secondary N) is 1. The van der Waals surface area contributed by atoms with Crippen molar-refractivity contribution in [2.75, 3.05) is 16.2 Å². The number of hydrogen-bond acceptors (Lipinski definition) is 4. The fraction of sp³-hybridized carbons (Fsp3) is 0.217. The van der Waals surface area contributed by atoms with E-state index < -0.39 is 28.3 Å². The van der Waals surface area contributed by atoms with Crippen LogP contribution in [0.4, 0.5) is 15.8 Å². The molecule has 3 rings (SSSR count). The Labute approximate surface area is 181 Å². The van der Waals surface area contributed by atoms with Crippen molar-refractivity contribution in [2.45, 2.75) is 31.1 Å². The minimum Gasteiger partial charge on any atom is -0.325 e. The number of hydrogen-bond donors (Lipinski definition) is 1. The average molecular weight is 442 g/mol. The van der Waals surface area contributed by atoms with E-state index in [4.69, 9.17) is 0 Å². The van der Waals surface area contributed by atoms with Gasteiger partial charge in [0.15, 0.2) is 0 Å². The maximum absolute atomic E-state index is 13.4. The third kappa shape index (κ3) is 5.88. The SMILES string of the molecule is CCCCc1ccc(NC(=O)CN(c2ccc(F)cc2)S(=O)(=O)c2cccnc2)cc1. The van der Waals surface area contributed by atoms with Crippen molar-refractivity contribution in [1.29, 1.82) is 0 Å². The lowest BCUT2D eigenvalue weighted by atomic mass is 10.1. The molecule has 6 nitrogen and oxygen atoms in total. The minimum atomic E-state index is -4.08. The van der Waals surface area contributed by atoms with E-state index in [9.17, 15) is 17.6 Å². The van der Waals surface area contributed by atoms with E-state index in [-0.39, 0.29) is 10.6 Å². The van der Waals surface area contributed by atoms with Gasteiger partial charge in [-0.1, -0.05) is 25.5 Å². The van der Waals surface area contributed by atoms with Crippen molar-refractivity contribution < 1.29 is 17.6 Å². The van der Waals surface area contributed by atoms with Gasteiger partial charge in [0, 0.05) is 18.1 Å². The number of aromatic nitrogens is 1. The van der Waals surface area contributed by atoms with E-state index in [0.717, 1.165) is 35.7 Å². The number of nitrogens with zero attached hydrogens (tertiary/aromatic N) is 2. The molecule has 3 aromatic rings. The smallest absolute Gasteiger partial charge is 0.266 e. The maximum atomic E-state index is 13.4. The van der Waals surface area contributed by atoms with E-state index in [1.807, 2.05) is 12.1 Å². The monoisotopic (exact) mass is 441 g/mol. The molecule has 2 aromatic carbocycles. The van der Waals surface area contributed by atoms with Gasteiger partial charge in [-0.3, -0.25) is 14.1 Å². The molecular weight excluding hydrogens is 417 g/mol. The van der Waals surface area contributed by atoms with Crippen LogP contribution >= 0.6 is 0 Å². The quantitative estimate of drug-likeness (QED) is 0.534. The first-order valence-corrected chi connectivity index (χ1v) is 11.4. The Morgan fingerprint density at radius 3 is 2.39 bits per heavy atom. The van der Waals surface area contributed by atoms with Gasteiger partial charge >= 0.3 is 0 Å². The lowest BCUT2D eigenvalue weighted by molar-refractivity contribution is -0.114. The first-order chi connectivity index (χ1) is 14.9. The second kappa shape index (κ2) is 10.2. The van der Waals surface area contributed by atoms with Crippen LogP contribution in [0.2, 0.25) is 0 Å². The van der Waals surface area contributed by atoms with Gasteiger partial charge in [0.25, 0.3) is 10.0 Å². The van der Waals surface area contributed by atoms with Crippen LogP contribution in [0.15, 0.2) is 78.0 Å². The number of unbranched alkanes of at least 4 members (excludes halogenated alkanes) is 1. The zero-order valence-corrected chi connectivity index (χ0v) is 18.0. The Balaban J connectivity index is 1.81. The van der Waals surface area contributed by atoms with E-state index in [1.165, 1.54) is 42.2 Å². The normalized spacial score (nSPS) is 11.2. The molecular formula is C23H24FN3O3S. The van der Waals surface area contributed by atoms with Gasteiger partial charge in [-0.25, -0.2) is 12.8 Å². The molecule has 1 N–H and O–H groups in total. The molecule has 0 radical (unpaired) electrons. The van der Waals surface area contributed by atoms with Crippen LogP contribution in [-0.4, -0.2) is 25.9 Å². The van der Waals surface area contributed by atoms with Crippen molar-refractivity contribution in [3.05, 3.63) is 84.4 Å². The highest BCUT2D eigenvalue weighted by molar-refractivity contribution is 7.92. The molecule has 1 heterocycles. The molecule has 0 aliphatic rings. The third-order valence-corrected chi connectivity index (χ3v) is 6.44. The molecule has 1 amide bonds. The number of aryl methyl sites for hydroxylation is 1. The number of pyridine rings is 1. The summed E-state index contributed by atoms with van der Waals surface area (Å²) in [5.74, 6) is -1.02. The van der Waals surface area contributed by atoms with Crippen molar-refractivity contribution in [3.63, 3.8) is 0 Å². The van der Waals surface area contributed by atoms with Crippen molar-refractivity contribution in [2.24, 2.45) is 0 Å². The Morgan fingerprint density at radius 2 is 1.77 bits per heavy atom. The highest BCUT2D eigenvalue weighted by Gasteiger charge is 2.27. The summed E-state index contributed by atoms with van der Waals surface area (Å²) >= 11 is 0. The van der Waals surface area contributed by atoms with Gasteiger partial charge in [-0.2, -0.15) is 0 Å². The lowest BCUT2D eigenvalue weighted by Gasteiger charge is -2.24. The van der Waals surface area contributed by atoms with Gasteiger partial charge in [0.05, 0.1) is 5.69 Å². The van der Waals surface area contributed by atoms with Gasteiger partial charge in [0.2, 0.25) is 5.91 Å². The number of sulfonamides is 1. The second-order valence-corrected chi connectivity index (χ2v) is 8.89. The molecule has 0 spiro atoms. The van der Waals surface area contributed by atoms with Gasteiger partial charge in [-0.05, 0) is 66.9 Å². The van der Waals surface area contributed by atoms with Crippen LogP contribution in [0.1, 0.15) is 25.3 Å². The van der Waals surface area contributed by atoms with Crippen LogP contribution < -0.4 is 9.62 Å². The lowest BCUT2D eigenvalue weighted by Crippen LogP contribution is -2.38. The first kappa shape index (κ1) is 22.4. The third-order valence-electron chi connectivity index (χ3n) is 4.68. The number of halogens is 1. The number of anilines is 2. The summed E-state index contributed by atoms with van der Waals surface area (Å²) in [4.78, 5) is 16.5. The maximum Gasteiger partial charge on any atom is 0.266 e. The number of rotatable bonds is 9. The molecule has 31 heavy (non-hydrogen) atoms. The van der Waals surface area contributed by atoms with E-state index in [2.05, 4.69) is 17.2 Å². The second-order valence-electron chi connectivity index (χ2n) is 7.03. The van der Waals surface area contributed by atoms with Crippen LogP contribution in [0.3, 0.4) is 0 Å². The molecule has 0 saturated carbocycles. The van der Waals surface area contributed by atoms with Crippen molar-refractivity contribution in [1.82, 2.24) is 4.98 Å². The fourth-order valence-electron chi connectivity index (χ4n) is 3.02. The molecule has 1 aromatic heterocycles. The van der Waals surface area contributed by atoms with E-state index in [0.29, 0.717) is 5.69 Å². The summed E-state index contributed by atoms with van der Waals surface area (Å²) in [6.07, 6.45) is 5.82. The van der Waals surface area contributed by atoms with Crippen LogP contribution in [-0.2, 0) is 21.2 Å². The van der Waals surface area contributed by atoms with Gasteiger partial charge in [0.1, 0.15) is 17.3 Å². The number of carbonyl (C=O) groups is 1. The highest BCUT2D eigenvalue weighted by Crippen LogP contribution is 2.23. The highest BCUT2D eigenvalue weighted by atomic mass is 32.2. The van der Waals surface area contributed by atoms with E-state index >= 15 is 0 Å². The predicted octanol–water partition coefficient (Wildman–Crippen LogP) is 4.40. The molecule has 0 saturated heterocycles. The van der Waals surface area contributed by atoms with Crippen molar-refractivity contribution in [3.8, 4) is 0 Å². The van der Waals surface area contributed by atoms with Crippen molar-refractivity contribution >= 4 is 27.3 Å². The number of benzene rings is 2. The van der Waals surface area contributed by atoms with Crippen LogP contribution in [0.25, 0.3) is 0 Å². The topological polar surface area (TPSA) is 79.4 Å². The molecule has 0 aliphatic carbocycles. The minimum absolute atomic E-state index is 0.0626. The standard InChI is InChI=1S/C23H24FN3O3S/c1-2-3-5-18-7-11-20(12-8-18)26-23(28)17-27(21-13-9-19(24)10-14-21)31(29,30)22-6-4-15-25-16-22/h4,6-16H,2-3,5,17H2,1H3,(H,26,28). The Bertz CT molecular complexity index is 1100. The zero-order valence-electron chi connectivity index (χ0n) is 17.2. The summed E-state index contributed by atoms with van der Waals surface area (Å²) in [7, 11) is -4.08. The molecule has 0 bridgehead atoms. The van der Waals surface area contributed by atoms with Crippen LogP contribution in [0, 0.1) is 5.82 Å². The van der Waals surface area contributed by atoms with Crippen LogP contribution in [0.5, 0.6) is 0 Å². The largest absolute Gasteiger partial charge is 0.325 e. The Kier molecular flexibility index (Phi) is 7.36. The molecule has 8 heteroatoms. The fourth-order valence-corrected chi connectivity index (χ4v) is 4.40.